The van der Waals surface area contributed by atoms with Crippen LogP contribution in [0.1, 0.15) is 49.9 Å². The van der Waals surface area contributed by atoms with E-state index < -0.39 is 64.7 Å². The molecule has 6 nitrogen and oxygen atoms in total. The first-order valence-corrected chi connectivity index (χ1v) is 11.0. The van der Waals surface area contributed by atoms with Crippen LogP contribution in [0.3, 0.4) is 0 Å². The fraction of sp³-hybridized carbons (Fsp3) is 0.542. The minimum Gasteiger partial charge on any atom is -0.456 e. The van der Waals surface area contributed by atoms with Crippen molar-refractivity contribution in [2.45, 2.75) is 45.1 Å². The zero-order valence-electron chi connectivity index (χ0n) is 18.5. The van der Waals surface area contributed by atoms with E-state index in [4.69, 9.17) is 4.74 Å². The second kappa shape index (κ2) is 7.29. The molecule has 4 fully saturated rings. The fourth-order valence-electron chi connectivity index (χ4n) is 7.22. The average Bonchev–Trinajstić information content (AvgIpc) is 3.30. The maximum Gasteiger partial charge on any atom is 0.344 e. The van der Waals surface area contributed by atoms with Gasteiger partial charge < -0.3 is 14.2 Å². The standard InChI is InChI=1S/C24H22F4O6/c1-9(2)21(30)33-20-18(27)16(25)15(17(26)19(20)28)22(31)32-8-14(29)34-23(3)12-5-10-4-11-6-13(23)24(11,12)7-10/h10-13H,1,4-8H2,2-3H3. The van der Waals surface area contributed by atoms with E-state index in [1.165, 1.54) is 6.42 Å². The zero-order valence-corrected chi connectivity index (χ0v) is 18.5. The predicted octanol–water partition coefficient (Wildman–Crippen LogP) is 4.25. The molecule has 4 aliphatic carbocycles. The molecule has 0 aromatic heterocycles. The molecule has 0 amide bonds. The van der Waals surface area contributed by atoms with E-state index in [1.54, 1.807) is 0 Å². The molecular weight excluding hydrogens is 460 g/mol. The largest absolute Gasteiger partial charge is 0.456 e. The highest BCUT2D eigenvalue weighted by atomic mass is 19.2. The molecule has 0 N–H and O–H groups in total. The van der Waals surface area contributed by atoms with Crippen LogP contribution >= 0.6 is 0 Å². The van der Waals surface area contributed by atoms with Crippen LogP contribution in [0.5, 0.6) is 5.75 Å². The number of ether oxygens (including phenoxy) is 3. The molecule has 34 heavy (non-hydrogen) atoms. The number of hydrogen-bond acceptors (Lipinski definition) is 6. The Morgan fingerprint density at radius 2 is 1.62 bits per heavy atom. The first kappa shape index (κ1) is 22.9. The molecule has 4 aliphatic rings. The van der Waals surface area contributed by atoms with Gasteiger partial charge in [0.2, 0.25) is 17.4 Å². The van der Waals surface area contributed by atoms with E-state index >= 15 is 0 Å². The highest BCUT2D eigenvalue weighted by Crippen LogP contribution is 2.84. The molecule has 0 aliphatic heterocycles. The number of carbonyl (C=O) groups excluding carboxylic acids is 3. The Morgan fingerprint density at radius 3 is 2.21 bits per heavy atom. The van der Waals surface area contributed by atoms with Crippen LogP contribution in [0.2, 0.25) is 0 Å². The summed E-state index contributed by atoms with van der Waals surface area (Å²) in [5.41, 5.74) is -2.40. The topological polar surface area (TPSA) is 78.9 Å². The third-order valence-corrected chi connectivity index (χ3v) is 8.42. The molecule has 10 heteroatoms. The predicted molar refractivity (Wildman–Crippen MR) is 106 cm³/mol. The second-order valence-corrected chi connectivity index (χ2v) is 10.1. The van der Waals surface area contributed by atoms with Crippen molar-refractivity contribution in [3.8, 4) is 5.75 Å². The number of carbonyl (C=O) groups is 3. The van der Waals surface area contributed by atoms with Crippen molar-refractivity contribution < 1.29 is 46.2 Å². The molecule has 0 heterocycles. The van der Waals surface area contributed by atoms with E-state index in [0.29, 0.717) is 11.8 Å². The molecule has 2 bridgehead atoms. The molecule has 5 rings (SSSR count). The summed E-state index contributed by atoms with van der Waals surface area (Å²) >= 11 is 0. The summed E-state index contributed by atoms with van der Waals surface area (Å²) in [5, 5.41) is 0. The number of rotatable bonds is 6. The van der Waals surface area contributed by atoms with E-state index in [9.17, 15) is 31.9 Å². The van der Waals surface area contributed by atoms with Gasteiger partial charge in [-0.15, -0.1) is 0 Å². The third-order valence-electron chi connectivity index (χ3n) is 8.42. The summed E-state index contributed by atoms with van der Waals surface area (Å²) in [5.74, 6) is -12.3. The highest BCUT2D eigenvalue weighted by Gasteiger charge is 2.83. The van der Waals surface area contributed by atoms with Crippen LogP contribution in [0.15, 0.2) is 12.2 Å². The summed E-state index contributed by atoms with van der Waals surface area (Å²) < 4.78 is 71.7. The maximum atomic E-state index is 14.3. The average molecular weight is 482 g/mol. The van der Waals surface area contributed by atoms with E-state index in [1.807, 2.05) is 6.92 Å². The van der Waals surface area contributed by atoms with Crippen molar-refractivity contribution in [2.24, 2.45) is 29.1 Å². The van der Waals surface area contributed by atoms with Gasteiger partial charge in [0.15, 0.2) is 18.2 Å². The number of esters is 3. The minimum atomic E-state index is -2.13. The van der Waals surface area contributed by atoms with Gasteiger partial charge >= 0.3 is 17.9 Å². The van der Waals surface area contributed by atoms with Gasteiger partial charge in [-0.3, -0.25) is 0 Å². The molecule has 1 aromatic carbocycles. The number of fused-ring (bicyclic) bond motifs is 1. The summed E-state index contributed by atoms with van der Waals surface area (Å²) in [6.07, 6.45) is 4.34. The lowest BCUT2D eigenvalue weighted by atomic mass is 9.32. The smallest absolute Gasteiger partial charge is 0.344 e. The van der Waals surface area contributed by atoms with Crippen molar-refractivity contribution >= 4 is 17.9 Å². The Balaban J connectivity index is 1.26. The number of benzene rings is 1. The zero-order chi connectivity index (χ0) is 24.7. The second-order valence-electron chi connectivity index (χ2n) is 10.1. The lowest BCUT2D eigenvalue weighted by Crippen LogP contribution is -2.76. The molecule has 6 unspecified atom stereocenters. The van der Waals surface area contributed by atoms with Crippen molar-refractivity contribution in [3.05, 3.63) is 41.0 Å². The van der Waals surface area contributed by atoms with Crippen LogP contribution in [0, 0.1) is 52.4 Å². The fourth-order valence-corrected chi connectivity index (χ4v) is 7.22. The summed E-state index contributed by atoms with van der Waals surface area (Å²) in [4.78, 5) is 36.0. The Kier molecular flexibility index (Phi) is 4.90. The first-order valence-electron chi connectivity index (χ1n) is 11.0. The Bertz CT molecular complexity index is 1140. The quantitative estimate of drug-likeness (QED) is 0.198. The summed E-state index contributed by atoms with van der Waals surface area (Å²) in [6, 6.07) is 0. The van der Waals surface area contributed by atoms with Gasteiger partial charge in [0.05, 0.1) is 0 Å². The van der Waals surface area contributed by atoms with Gasteiger partial charge in [-0.05, 0) is 56.8 Å². The monoisotopic (exact) mass is 482 g/mol. The van der Waals surface area contributed by atoms with Gasteiger partial charge in [-0.25, -0.2) is 23.2 Å². The van der Waals surface area contributed by atoms with Crippen LogP contribution in [-0.4, -0.2) is 30.1 Å². The molecule has 182 valence electrons. The van der Waals surface area contributed by atoms with E-state index in [-0.39, 0.29) is 22.8 Å². The molecule has 0 saturated heterocycles. The molecule has 0 radical (unpaired) electrons. The molecule has 1 spiro atoms. The van der Waals surface area contributed by atoms with Crippen molar-refractivity contribution in [1.82, 2.24) is 0 Å². The minimum absolute atomic E-state index is 0.245. The van der Waals surface area contributed by atoms with Gasteiger partial charge in [0.25, 0.3) is 0 Å². The van der Waals surface area contributed by atoms with Gasteiger partial charge in [-0.1, -0.05) is 6.58 Å². The Morgan fingerprint density at radius 1 is 1.00 bits per heavy atom. The number of halogens is 4. The normalized spacial score (nSPS) is 33.9. The highest BCUT2D eigenvalue weighted by molar-refractivity contribution is 5.92. The molecular formula is C24H22F4O6. The molecule has 4 saturated carbocycles. The van der Waals surface area contributed by atoms with Crippen LogP contribution in [0.25, 0.3) is 0 Å². The van der Waals surface area contributed by atoms with Crippen molar-refractivity contribution in [2.75, 3.05) is 6.61 Å². The lowest BCUT2D eigenvalue weighted by molar-refractivity contribution is -0.319. The summed E-state index contributed by atoms with van der Waals surface area (Å²) in [6.45, 7) is 5.22. The van der Waals surface area contributed by atoms with Crippen LogP contribution in [-0.2, 0) is 19.1 Å². The molecule has 6 atom stereocenters. The van der Waals surface area contributed by atoms with Crippen molar-refractivity contribution in [3.63, 3.8) is 0 Å². The van der Waals surface area contributed by atoms with E-state index in [0.717, 1.165) is 26.2 Å². The van der Waals surface area contributed by atoms with Gasteiger partial charge in [0.1, 0.15) is 11.2 Å². The molecule has 1 aromatic rings. The van der Waals surface area contributed by atoms with E-state index in [2.05, 4.69) is 16.1 Å². The van der Waals surface area contributed by atoms with Crippen molar-refractivity contribution in [1.29, 1.82) is 0 Å². The SMILES string of the molecule is C=C(C)C(=O)Oc1c(F)c(F)c(C(=O)OCC(=O)OC2(C)C3CC4CC5CC2C53C4)c(F)c1F. The van der Waals surface area contributed by atoms with Crippen LogP contribution in [0.4, 0.5) is 17.6 Å². The Labute approximate surface area is 192 Å². The maximum absolute atomic E-state index is 14.3. The van der Waals surface area contributed by atoms with Crippen LogP contribution < -0.4 is 4.74 Å². The van der Waals surface area contributed by atoms with Gasteiger partial charge in [0, 0.05) is 17.4 Å². The summed E-state index contributed by atoms with van der Waals surface area (Å²) in [7, 11) is 0. The Hall–Kier alpha value is -2.91. The lowest BCUT2D eigenvalue weighted by Gasteiger charge is -2.74. The third kappa shape index (κ3) is 2.83. The van der Waals surface area contributed by atoms with Gasteiger partial charge in [-0.2, -0.15) is 8.78 Å². The number of hydrogen-bond donors (Lipinski definition) is 0. The first-order chi connectivity index (χ1) is 15.9.